The minimum atomic E-state index is -1.32. The van der Waals surface area contributed by atoms with Crippen LogP contribution in [0, 0.1) is 23.1 Å². The maximum Gasteiger partial charge on any atom is 0.289 e. The summed E-state index contributed by atoms with van der Waals surface area (Å²) in [5, 5.41) is 19.8. The molecule has 1 saturated carbocycles. The van der Waals surface area contributed by atoms with Gasteiger partial charge in [-0.25, -0.2) is 4.39 Å². The highest BCUT2D eigenvalue weighted by Crippen LogP contribution is 2.24. The largest absolute Gasteiger partial charge is 0.353 e. The number of carbonyl (C=O) groups excluding carboxylic acids is 5. The molecule has 2 aliphatic rings. The van der Waals surface area contributed by atoms with Gasteiger partial charge in [0.1, 0.15) is 5.82 Å². The first-order chi connectivity index (χ1) is 18.1. The first-order valence-electron chi connectivity index (χ1n) is 12.2. The molecule has 4 N–H and O–H groups in total. The minimum absolute atomic E-state index is 0.00637. The van der Waals surface area contributed by atoms with Crippen molar-refractivity contribution in [3.8, 4) is 6.07 Å². The molecule has 4 rings (SSSR count). The highest BCUT2D eigenvalue weighted by molar-refractivity contribution is 6.38. The maximum absolute atomic E-state index is 13.6. The van der Waals surface area contributed by atoms with Gasteiger partial charge in [0, 0.05) is 23.6 Å². The Morgan fingerprint density at radius 3 is 2.53 bits per heavy atom. The van der Waals surface area contributed by atoms with Gasteiger partial charge >= 0.3 is 0 Å². The zero-order chi connectivity index (χ0) is 27.4. The quantitative estimate of drug-likeness (QED) is 0.370. The minimum Gasteiger partial charge on any atom is -0.353 e. The molecule has 11 heteroatoms. The van der Waals surface area contributed by atoms with Gasteiger partial charge in [0.2, 0.25) is 11.7 Å². The van der Waals surface area contributed by atoms with Crippen molar-refractivity contribution in [3.63, 3.8) is 0 Å². The number of hydrogen-bond acceptors (Lipinski definition) is 6. The van der Waals surface area contributed by atoms with Crippen molar-refractivity contribution in [3.05, 3.63) is 65.0 Å². The number of nitrogens with one attached hydrogen (secondary N) is 4. The van der Waals surface area contributed by atoms with E-state index in [1.807, 2.05) is 13.0 Å². The smallest absolute Gasteiger partial charge is 0.289 e. The summed E-state index contributed by atoms with van der Waals surface area (Å²) in [4.78, 5) is 64.0. The highest BCUT2D eigenvalue weighted by Gasteiger charge is 2.37. The summed E-state index contributed by atoms with van der Waals surface area (Å²) in [7, 11) is 0. The molecule has 0 bridgehead atoms. The van der Waals surface area contributed by atoms with Crippen LogP contribution in [0.4, 0.5) is 10.1 Å². The predicted molar refractivity (Wildman–Crippen MR) is 133 cm³/mol. The molecule has 2 aromatic rings. The van der Waals surface area contributed by atoms with E-state index in [0.717, 1.165) is 18.9 Å². The Labute approximate surface area is 218 Å². The molecule has 0 radical (unpaired) electrons. The molecule has 1 saturated heterocycles. The molecule has 3 atom stereocenters. The van der Waals surface area contributed by atoms with Crippen molar-refractivity contribution in [2.75, 3.05) is 5.32 Å². The summed E-state index contributed by atoms with van der Waals surface area (Å²) < 4.78 is 13.6. The summed E-state index contributed by atoms with van der Waals surface area (Å²) in [6.07, 6.45) is 1.85. The summed E-state index contributed by atoms with van der Waals surface area (Å²) in [6.45, 7) is 1.81. The lowest BCUT2D eigenvalue weighted by Gasteiger charge is -2.21. The number of nitrogens with zero attached hydrogens (tertiary/aromatic N) is 1. The first kappa shape index (κ1) is 26.5. The summed E-state index contributed by atoms with van der Waals surface area (Å²) >= 11 is 0. The fourth-order valence-corrected chi connectivity index (χ4v) is 4.29. The fraction of sp³-hybridized carbons (Fsp3) is 0.333. The number of carbonyl (C=O) groups is 5. The normalized spacial score (nSPS) is 19.0. The summed E-state index contributed by atoms with van der Waals surface area (Å²) in [6, 6.07) is 9.30. The van der Waals surface area contributed by atoms with E-state index < -0.39 is 41.3 Å². The van der Waals surface area contributed by atoms with Crippen molar-refractivity contribution >= 4 is 35.1 Å². The average Bonchev–Trinajstić information content (AvgIpc) is 3.65. The van der Waals surface area contributed by atoms with Crippen molar-refractivity contribution in [2.45, 2.75) is 50.7 Å². The van der Waals surface area contributed by atoms with Crippen LogP contribution in [0.25, 0.3) is 0 Å². The first-order valence-corrected chi connectivity index (χ1v) is 12.2. The van der Waals surface area contributed by atoms with Crippen LogP contribution in [0.3, 0.4) is 0 Å². The molecule has 38 heavy (non-hydrogen) atoms. The van der Waals surface area contributed by atoms with Crippen molar-refractivity contribution in [1.29, 1.82) is 5.26 Å². The van der Waals surface area contributed by atoms with Crippen LogP contribution >= 0.6 is 0 Å². The molecular formula is C27H26FN5O5. The fourth-order valence-electron chi connectivity index (χ4n) is 4.29. The van der Waals surface area contributed by atoms with Gasteiger partial charge in [0.05, 0.1) is 28.9 Å². The van der Waals surface area contributed by atoms with Crippen LogP contribution in [0.2, 0.25) is 0 Å². The van der Waals surface area contributed by atoms with Gasteiger partial charge in [-0.15, -0.1) is 0 Å². The van der Waals surface area contributed by atoms with E-state index in [-0.39, 0.29) is 46.8 Å². The molecule has 0 unspecified atom stereocenters. The van der Waals surface area contributed by atoms with Crippen LogP contribution < -0.4 is 21.3 Å². The SMILES string of the molecule is C[C@@H]1C[C@@H](C[C@H](NC(=O)c2cc(C#N)ccc2NC(=O)c2cccc(F)c2)C(=O)C(=O)NC2CC2)C(=O)N1. The Morgan fingerprint density at radius 1 is 1.13 bits per heavy atom. The second kappa shape index (κ2) is 11.2. The number of amides is 4. The number of benzene rings is 2. The van der Waals surface area contributed by atoms with E-state index in [2.05, 4.69) is 21.3 Å². The molecule has 10 nitrogen and oxygen atoms in total. The van der Waals surface area contributed by atoms with Crippen LogP contribution in [0.15, 0.2) is 42.5 Å². The van der Waals surface area contributed by atoms with Gasteiger partial charge < -0.3 is 21.3 Å². The molecule has 1 aliphatic carbocycles. The molecule has 2 aromatic carbocycles. The van der Waals surface area contributed by atoms with Crippen molar-refractivity contribution < 1.29 is 28.4 Å². The number of halogens is 1. The number of Topliss-reactive ketones (excluding diaryl/α,β-unsaturated/α-hetero) is 1. The van der Waals surface area contributed by atoms with E-state index in [4.69, 9.17) is 0 Å². The zero-order valence-corrected chi connectivity index (χ0v) is 20.5. The zero-order valence-electron chi connectivity index (χ0n) is 20.5. The molecule has 0 spiro atoms. The van der Waals surface area contributed by atoms with Gasteiger partial charge in [-0.05, 0) is 69.0 Å². The van der Waals surface area contributed by atoms with E-state index in [1.165, 1.54) is 36.4 Å². The molecule has 196 valence electrons. The number of hydrogen-bond donors (Lipinski definition) is 4. The van der Waals surface area contributed by atoms with E-state index >= 15 is 0 Å². The van der Waals surface area contributed by atoms with Crippen LogP contribution in [-0.4, -0.2) is 47.5 Å². The Bertz CT molecular complexity index is 1350. The second-order valence-corrected chi connectivity index (χ2v) is 9.55. The third-order valence-electron chi connectivity index (χ3n) is 6.40. The van der Waals surface area contributed by atoms with E-state index in [0.29, 0.717) is 6.42 Å². The Morgan fingerprint density at radius 2 is 1.89 bits per heavy atom. The Kier molecular flexibility index (Phi) is 7.81. The Hall–Kier alpha value is -4.59. The number of ketones is 1. The van der Waals surface area contributed by atoms with Crippen LogP contribution in [-0.2, 0) is 14.4 Å². The summed E-state index contributed by atoms with van der Waals surface area (Å²) in [5.74, 6) is -4.76. The molecule has 2 fully saturated rings. The number of rotatable bonds is 9. The molecular weight excluding hydrogens is 493 g/mol. The second-order valence-electron chi connectivity index (χ2n) is 9.55. The van der Waals surface area contributed by atoms with Gasteiger partial charge in [-0.1, -0.05) is 6.07 Å². The number of nitriles is 1. The number of anilines is 1. The molecule has 0 aromatic heterocycles. The Balaban J connectivity index is 1.58. The lowest BCUT2D eigenvalue weighted by Crippen LogP contribution is -2.49. The summed E-state index contributed by atoms with van der Waals surface area (Å²) in [5.41, 5.74) is -0.0146. The molecule has 1 aliphatic heterocycles. The third kappa shape index (κ3) is 6.39. The lowest BCUT2D eigenvalue weighted by atomic mass is 9.93. The lowest BCUT2D eigenvalue weighted by molar-refractivity contribution is -0.139. The average molecular weight is 520 g/mol. The van der Waals surface area contributed by atoms with Gasteiger partial charge in [-0.2, -0.15) is 5.26 Å². The van der Waals surface area contributed by atoms with E-state index in [1.54, 1.807) is 0 Å². The monoisotopic (exact) mass is 519 g/mol. The molecule has 1 heterocycles. The van der Waals surface area contributed by atoms with Gasteiger partial charge in [-0.3, -0.25) is 24.0 Å². The van der Waals surface area contributed by atoms with Crippen LogP contribution in [0.1, 0.15) is 58.9 Å². The third-order valence-corrected chi connectivity index (χ3v) is 6.40. The maximum atomic E-state index is 13.6. The van der Waals surface area contributed by atoms with E-state index in [9.17, 15) is 33.6 Å². The van der Waals surface area contributed by atoms with Gasteiger partial charge in [0.25, 0.3) is 17.7 Å². The van der Waals surface area contributed by atoms with Crippen molar-refractivity contribution in [2.24, 2.45) is 5.92 Å². The standard InChI is InChI=1S/C27H26FN5O5/c1-14-9-17(25(36)30-14)12-22(23(34)27(38)31-19-6-7-19)33-26(37)20-10-15(13-29)5-8-21(20)32-24(35)16-3-2-4-18(28)11-16/h2-5,8,10-11,14,17,19,22H,6-7,9,12H2,1H3,(H,30,36)(H,31,38)(H,32,35)(H,33,37)/t14-,17+,22+/m1/s1. The van der Waals surface area contributed by atoms with Crippen molar-refractivity contribution in [1.82, 2.24) is 16.0 Å². The predicted octanol–water partition coefficient (Wildman–Crippen LogP) is 1.81. The van der Waals surface area contributed by atoms with Crippen LogP contribution in [0.5, 0.6) is 0 Å². The highest BCUT2D eigenvalue weighted by atomic mass is 19.1. The topological polar surface area (TPSA) is 157 Å². The van der Waals surface area contributed by atoms with Gasteiger partial charge in [0.15, 0.2) is 0 Å². The molecule has 4 amide bonds.